The lowest BCUT2D eigenvalue weighted by Gasteiger charge is -2.12. The van der Waals surface area contributed by atoms with Crippen molar-refractivity contribution in [1.29, 1.82) is 0 Å². The fourth-order valence-corrected chi connectivity index (χ4v) is 3.06. The first-order chi connectivity index (χ1) is 14.5. The highest BCUT2D eigenvalue weighted by Crippen LogP contribution is 2.15. The molecule has 0 unspecified atom stereocenters. The molecule has 0 aliphatic rings. The number of likely N-dealkylation sites (N-methyl/N-ethyl adjacent to an activating group) is 1. The molecular weight excluding hydrogens is 507 g/mol. The van der Waals surface area contributed by atoms with Gasteiger partial charge in [0.25, 0.3) is 0 Å². The molecule has 31 heavy (non-hydrogen) atoms. The number of anilines is 1. The van der Waals surface area contributed by atoms with Crippen LogP contribution < -0.4 is 16.0 Å². The van der Waals surface area contributed by atoms with E-state index in [0.29, 0.717) is 19.6 Å². The van der Waals surface area contributed by atoms with Gasteiger partial charge >= 0.3 is 0 Å². The molecule has 0 saturated heterocycles. The van der Waals surface area contributed by atoms with E-state index in [2.05, 4.69) is 39.9 Å². The van der Waals surface area contributed by atoms with Crippen molar-refractivity contribution in [2.45, 2.75) is 46.7 Å². The monoisotopic (exact) mass is 542 g/mol. The third-order valence-electron chi connectivity index (χ3n) is 4.47. The van der Waals surface area contributed by atoms with Gasteiger partial charge in [-0.3, -0.25) is 4.79 Å². The molecule has 0 atom stereocenters. The third-order valence-corrected chi connectivity index (χ3v) is 4.47. The largest absolute Gasteiger partial charge is 0.361 e. The number of amides is 1. The van der Waals surface area contributed by atoms with Crippen molar-refractivity contribution in [3.8, 4) is 0 Å². The number of rotatable bonds is 10. The molecule has 1 aromatic carbocycles. The van der Waals surface area contributed by atoms with Crippen molar-refractivity contribution in [3.63, 3.8) is 0 Å². The predicted molar refractivity (Wildman–Crippen MR) is 136 cm³/mol. The minimum Gasteiger partial charge on any atom is -0.361 e. The first-order valence-corrected chi connectivity index (χ1v) is 10.5. The van der Waals surface area contributed by atoms with Crippen molar-refractivity contribution in [2.75, 3.05) is 32.5 Å². The molecule has 0 spiro atoms. The number of hydrogen-bond acceptors (Lipinski definition) is 5. The molecule has 0 fully saturated rings. The van der Waals surface area contributed by atoms with E-state index in [0.717, 1.165) is 53.6 Å². The van der Waals surface area contributed by atoms with Crippen LogP contribution in [-0.4, -0.2) is 49.1 Å². The maximum Gasteiger partial charge on any atom is 0.238 e. The summed E-state index contributed by atoms with van der Waals surface area (Å²) in [5, 5.41) is 13.7. The fourth-order valence-electron chi connectivity index (χ4n) is 3.06. The number of guanidine groups is 1. The molecular formula is C22H35IN6O2. The summed E-state index contributed by atoms with van der Waals surface area (Å²) in [7, 11) is 3.74. The van der Waals surface area contributed by atoms with Crippen LogP contribution in [0.2, 0.25) is 0 Å². The van der Waals surface area contributed by atoms with E-state index in [-0.39, 0.29) is 29.9 Å². The molecule has 0 aliphatic carbocycles. The Kier molecular flexibility index (Phi) is 12.2. The zero-order chi connectivity index (χ0) is 21.9. The second kappa shape index (κ2) is 14.0. The van der Waals surface area contributed by atoms with E-state index in [1.807, 2.05) is 50.2 Å². The molecule has 9 heteroatoms. The van der Waals surface area contributed by atoms with Gasteiger partial charge in [0.2, 0.25) is 5.91 Å². The summed E-state index contributed by atoms with van der Waals surface area (Å²) in [6.07, 6.45) is 1.64. The third kappa shape index (κ3) is 8.86. The highest BCUT2D eigenvalue weighted by Gasteiger charge is 2.13. The maximum absolute atomic E-state index is 12.0. The standard InChI is InChI=1S/C22H34N6O2.HI/c1-6-19-18(20(7-2)30-27-19)14-25-22(23-8-3)24-13-16-10-9-11-17(12-16)26-21(29)15-28(4)5;/h9-12H,6-8,13-15H2,1-5H3,(H,26,29)(H2,23,24,25);1H. The summed E-state index contributed by atoms with van der Waals surface area (Å²) in [5.41, 5.74) is 3.88. The Labute approximate surface area is 202 Å². The highest BCUT2D eigenvalue weighted by atomic mass is 127. The number of carbonyl (C=O) groups is 1. The van der Waals surface area contributed by atoms with Crippen molar-refractivity contribution in [1.82, 2.24) is 20.7 Å². The van der Waals surface area contributed by atoms with E-state index in [1.165, 1.54) is 0 Å². The van der Waals surface area contributed by atoms with Gasteiger partial charge in [-0.15, -0.1) is 24.0 Å². The molecule has 172 valence electrons. The Morgan fingerprint density at radius 2 is 1.94 bits per heavy atom. The van der Waals surface area contributed by atoms with Gasteiger partial charge in [0.15, 0.2) is 5.96 Å². The second-order valence-corrected chi connectivity index (χ2v) is 7.27. The molecule has 1 heterocycles. The maximum atomic E-state index is 12.0. The van der Waals surface area contributed by atoms with Crippen LogP contribution in [0.5, 0.6) is 0 Å². The summed E-state index contributed by atoms with van der Waals surface area (Å²) in [6.45, 7) is 8.39. The van der Waals surface area contributed by atoms with Crippen LogP contribution >= 0.6 is 24.0 Å². The summed E-state index contributed by atoms with van der Waals surface area (Å²) >= 11 is 0. The van der Waals surface area contributed by atoms with Gasteiger partial charge in [-0.2, -0.15) is 0 Å². The number of hydrogen-bond donors (Lipinski definition) is 3. The van der Waals surface area contributed by atoms with Gasteiger partial charge in [0.1, 0.15) is 5.76 Å². The Bertz CT molecular complexity index is 829. The number of halogens is 1. The van der Waals surface area contributed by atoms with E-state index in [4.69, 9.17) is 4.52 Å². The van der Waals surface area contributed by atoms with Crippen molar-refractivity contribution in [3.05, 3.63) is 46.8 Å². The summed E-state index contributed by atoms with van der Waals surface area (Å²) in [4.78, 5) is 18.5. The smallest absolute Gasteiger partial charge is 0.238 e. The Balaban J connectivity index is 0.00000480. The van der Waals surface area contributed by atoms with Crippen LogP contribution in [-0.2, 0) is 30.7 Å². The molecule has 0 saturated carbocycles. The number of nitrogens with zero attached hydrogens (tertiary/aromatic N) is 3. The Morgan fingerprint density at radius 1 is 1.16 bits per heavy atom. The average molecular weight is 542 g/mol. The predicted octanol–water partition coefficient (Wildman–Crippen LogP) is 3.17. The molecule has 2 rings (SSSR count). The second-order valence-electron chi connectivity index (χ2n) is 7.27. The van der Waals surface area contributed by atoms with Gasteiger partial charge in [-0.25, -0.2) is 4.99 Å². The van der Waals surface area contributed by atoms with Crippen molar-refractivity contribution >= 4 is 41.5 Å². The lowest BCUT2D eigenvalue weighted by molar-refractivity contribution is -0.116. The van der Waals surface area contributed by atoms with Gasteiger partial charge in [0.05, 0.1) is 18.8 Å². The van der Waals surface area contributed by atoms with Crippen molar-refractivity contribution < 1.29 is 9.32 Å². The van der Waals surface area contributed by atoms with Gasteiger partial charge < -0.3 is 25.4 Å². The molecule has 1 aromatic heterocycles. The van der Waals surface area contributed by atoms with Crippen LogP contribution in [0, 0.1) is 0 Å². The van der Waals surface area contributed by atoms with Crippen molar-refractivity contribution in [2.24, 2.45) is 4.99 Å². The zero-order valence-electron chi connectivity index (χ0n) is 19.1. The van der Waals surface area contributed by atoms with E-state index in [1.54, 1.807) is 0 Å². The average Bonchev–Trinajstić information content (AvgIpc) is 3.11. The first kappa shape index (κ1) is 26.9. The van der Waals surface area contributed by atoms with Crippen LogP contribution in [0.15, 0.2) is 33.8 Å². The van der Waals surface area contributed by atoms with E-state index >= 15 is 0 Å². The van der Waals surface area contributed by atoms with E-state index < -0.39 is 0 Å². The normalized spacial score (nSPS) is 11.2. The quantitative estimate of drug-likeness (QED) is 0.243. The minimum absolute atomic E-state index is 0. The summed E-state index contributed by atoms with van der Waals surface area (Å²) in [6, 6.07) is 7.76. The SMILES string of the molecule is CCNC(=NCc1cccc(NC(=O)CN(C)C)c1)NCc1c(CC)noc1CC.I. The molecule has 0 bridgehead atoms. The summed E-state index contributed by atoms with van der Waals surface area (Å²) < 4.78 is 5.44. The number of nitrogens with one attached hydrogen (secondary N) is 3. The minimum atomic E-state index is -0.0390. The zero-order valence-corrected chi connectivity index (χ0v) is 21.4. The summed E-state index contributed by atoms with van der Waals surface area (Å²) in [5.74, 6) is 1.60. The van der Waals surface area contributed by atoms with Crippen LogP contribution in [0.3, 0.4) is 0 Å². The lowest BCUT2D eigenvalue weighted by atomic mass is 10.1. The molecule has 8 nitrogen and oxygen atoms in total. The topological polar surface area (TPSA) is 94.8 Å². The van der Waals surface area contributed by atoms with E-state index in [9.17, 15) is 4.79 Å². The number of carbonyl (C=O) groups excluding carboxylic acids is 1. The number of aliphatic imine (C=N–C) groups is 1. The number of benzene rings is 1. The molecule has 0 aliphatic heterocycles. The Hall–Kier alpha value is -2.14. The number of aryl methyl sites for hydroxylation is 2. The highest BCUT2D eigenvalue weighted by molar-refractivity contribution is 14.0. The molecule has 0 radical (unpaired) electrons. The number of aromatic nitrogens is 1. The lowest BCUT2D eigenvalue weighted by Crippen LogP contribution is -2.37. The molecule has 1 amide bonds. The van der Waals surface area contributed by atoms with Gasteiger partial charge in [-0.05, 0) is 45.1 Å². The Morgan fingerprint density at radius 3 is 2.58 bits per heavy atom. The molecule has 2 aromatic rings. The fraction of sp³-hybridized carbons (Fsp3) is 0.500. The van der Waals surface area contributed by atoms with Gasteiger partial charge in [-0.1, -0.05) is 31.1 Å². The van der Waals surface area contributed by atoms with Crippen LogP contribution in [0.25, 0.3) is 0 Å². The van der Waals surface area contributed by atoms with Gasteiger partial charge in [0, 0.05) is 30.8 Å². The first-order valence-electron chi connectivity index (χ1n) is 10.5. The van der Waals surface area contributed by atoms with Crippen LogP contribution in [0.4, 0.5) is 5.69 Å². The molecule has 3 N–H and O–H groups in total. The van der Waals surface area contributed by atoms with Crippen LogP contribution in [0.1, 0.15) is 43.4 Å².